The summed E-state index contributed by atoms with van der Waals surface area (Å²) in [5, 5.41) is -0.379. The summed E-state index contributed by atoms with van der Waals surface area (Å²) in [6, 6.07) is 3.28. The van der Waals surface area contributed by atoms with Gasteiger partial charge in [0.1, 0.15) is 6.29 Å². The maximum Gasteiger partial charge on any atom is 0.417 e. The van der Waals surface area contributed by atoms with E-state index in [0.29, 0.717) is 11.8 Å². The lowest BCUT2D eigenvalue weighted by molar-refractivity contribution is -0.137. The first-order valence-corrected chi connectivity index (χ1v) is 4.31. The van der Waals surface area contributed by atoms with Crippen LogP contribution >= 0.6 is 11.6 Å². The van der Waals surface area contributed by atoms with Crippen LogP contribution in [0.5, 0.6) is 0 Å². The van der Waals surface area contributed by atoms with E-state index in [9.17, 15) is 18.0 Å². The quantitative estimate of drug-likeness (QED) is 0.565. The van der Waals surface area contributed by atoms with Gasteiger partial charge in [0, 0.05) is 0 Å². The highest BCUT2D eigenvalue weighted by Gasteiger charge is 2.32. The summed E-state index contributed by atoms with van der Waals surface area (Å²) < 4.78 is 36.8. The van der Waals surface area contributed by atoms with E-state index in [1.54, 1.807) is 0 Å². The molecule has 0 bridgehead atoms. The van der Waals surface area contributed by atoms with E-state index in [1.807, 2.05) is 0 Å². The average Bonchev–Trinajstić information content (AvgIpc) is 2.12. The lowest BCUT2D eigenvalue weighted by Gasteiger charge is -2.08. The van der Waals surface area contributed by atoms with E-state index in [2.05, 4.69) is 0 Å². The minimum absolute atomic E-state index is 0.379. The van der Waals surface area contributed by atoms with Gasteiger partial charge in [-0.05, 0) is 23.8 Å². The lowest BCUT2D eigenvalue weighted by Crippen LogP contribution is -2.05. The molecule has 1 nitrogen and oxygen atoms in total. The van der Waals surface area contributed by atoms with Crippen molar-refractivity contribution >= 4 is 24.0 Å². The molecule has 0 aliphatic heterocycles. The van der Waals surface area contributed by atoms with Crippen molar-refractivity contribution in [3.05, 3.63) is 40.4 Å². The van der Waals surface area contributed by atoms with Crippen LogP contribution in [0.15, 0.2) is 24.3 Å². The highest BCUT2D eigenvalue weighted by molar-refractivity contribution is 6.31. The zero-order chi connectivity index (χ0) is 11.5. The Balaban J connectivity index is 3.09. The van der Waals surface area contributed by atoms with Crippen LogP contribution in [0.4, 0.5) is 13.2 Å². The molecular formula is C10H6ClF3O. The van der Waals surface area contributed by atoms with Gasteiger partial charge in [-0.15, -0.1) is 0 Å². The second-order valence-corrected chi connectivity index (χ2v) is 3.14. The molecule has 1 aromatic carbocycles. The minimum atomic E-state index is -4.45. The molecule has 0 N–H and O–H groups in total. The van der Waals surface area contributed by atoms with Gasteiger partial charge in [0.05, 0.1) is 10.6 Å². The van der Waals surface area contributed by atoms with Crippen LogP contribution in [0.1, 0.15) is 11.1 Å². The number of aldehydes is 1. The van der Waals surface area contributed by atoms with Crippen LogP contribution in [0.3, 0.4) is 0 Å². The Morgan fingerprint density at radius 3 is 2.40 bits per heavy atom. The molecule has 5 heteroatoms. The van der Waals surface area contributed by atoms with Crippen molar-refractivity contribution in [2.45, 2.75) is 6.18 Å². The number of hydrogen-bond acceptors (Lipinski definition) is 1. The first kappa shape index (κ1) is 11.8. The third kappa shape index (κ3) is 3.09. The standard InChI is InChI=1S/C10H6ClF3O/c11-9-6-7(2-1-5-15)3-4-8(9)10(12,13)14/h1-6H. The second-order valence-electron chi connectivity index (χ2n) is 2.73. The molecule has 0 radical (unpaired) electrons. The largest absolute Gasteiger partial charge is 0.417 e. The number of halogens is 4. The number of benzene rings is 1. The minimum Gasteiger partial charge on any atom is -0.299 e. The van der Waals surface area contributed by atoms with Gasteiger partial charge in [-0.2, -0.15) is 13.2 Å². The summed E-state index contributed by atoms with van der Waals surface area (Å²) in [6.45, 7) is 0. The summed E-state index contributed by atoms with van der Waals surface area (Å²) in [5.41, 5.74) is -0.437. The van der Waals surface area contributed by atoms with Crippen LogP contribution in [-0.2, 0) is 11.0 Å². The maximum absolute atomic E-state index is 12.3. The third-order valence-corrected chi connectivity index (χ3v) is 1.98. The molecule has 80 valence electrons. The SMILES string of the molecule is O=CC=Cc1ccc(C(F)(F)F)c(Cl)c1. The van der Waals surface area contributed by atoms with Crippen molar-refractivity contribution in [1.82, 2.24) is 0 Å². The van der Waals surface area contributed by atoms with Crippen LogP contribution in [-0.4, -0.2) is 6.29 Å². The fourth-order valence-electron chi connectivity index (χ4n) is 1.02. The normalized spacial score (nSPS) is 12.0. The zero-order valence-corrected chi connectivity index (χ0v) is 8.14. The summed E-state index contributed by atoms with van der Waals surface area (Å²) in [7, 11) is 0. The van der Waals surface area contributed by atoms with Gasteiger partial charge in [-0.3, -0.25) is 4.79 Å². The maximum atomic E-state index is 12.3. The Bertz CT molecular complexity index is 396. The van der Waals surface area contributed by atoms with Gasteiger partial charge in [0.2, 0.25) is 0 Å². The topological polar surface area (TPSA) is 17.1 Å². The molecule has 0 saturated heterocycles. The number of allylic oxidation sites excluding steroid dienone is 1. The Labute approximate surface area is 89.2 Å². The predicted molar refractivity (Wildman–Crippen MR) is 51.6 cm³/mol. The number of carbonyl (C=O) groups is 1. The second kappa shape index (κ2) is 4.49. The molecule has 1 rings (SSSR count). The van der Waals surface area contributed by atoms with E-state index in [4.69, 9.17) is 11.6 Å². The highest BCUT2D eigenvalue weighted by Crippen LogP contribution is 2.34. The molecule has 0 aromatic heterocycles. The highest BCUT2D eigenvalue weighted by atomic mass is 35.5. The molecule has 0 aliphatic rings. The van der Waals surface area contributed by atoms with E-state index in [0.717, 1.165) is 12.1 Å². The van der Waals surface area contributed by atoms with Crippen molar-refractivity contribution in [3.63, 3.8) is 0 Å². The van der Waals surface area contributed by atoms with Gasteiger partial charge in [0.25, 0.3) is 0 Å². The van der Waals surface area contributed by atoms with Crippen molar-refractivity contribution in [2.75, 3.05) is 0 Å². The van der Waals surface area contributed by atoms with Crippen molar-refractivity contribution in [1.29, 1.82) is 0 Å². The first-order chi connectivity index (χ1) is 6.95. The molecule has 15 heavy (non-hydrogen) atoms. The molecule has 0 amide bonds. The predicted octanol–water partition coefficient (Wildman–Crippen LogP) is 3.57. The first-order valence-electron chi connectivity index (χ1n) is 3.94. The van der Waals surface area contributed by atoms with Gasteiger partial charge in [-0.1, -0.05) is 23.7 Å². The zero-order valence-electron chi connectivity index (χ0n) is 7.38. The van der Waals surface area contributed by atoms with Gasteiger partial charge < -0.3 is 0 Å². The van der Waals surface area contributed by atoms with Crippen molar-refractivity contribution in [2.24, 2.45) is 0 Å². The molecular weight excluding hydrogens is 229 g/mol. The van der Waals surface area contributed by atoms with E-state index in [1.165, 1.54) is 18.2 Å². The molecule has 0 saturated carbocycles. The molecule has 0 spiro atoms. The molecule has 0 atom stereocenters. The van der Waals surface area contributed by atoms with Crippen molar-refractivity contribution in [3.8, 4) is 0 Å². The molecule has 0 fully saturated rings. The Morgan fingerprint density at radius 1 is 1.27 bits per heavy atom. The van der Waals surface area contributed by atoms with Gasteiger partial charge >= 0.3 is 6.18 Å². The van der Waals surface area contributed by atoms with E-state index in [-0.39, 0.29) is 5.02 Å². The monoisotopic (exact) mass is 234 g/mol. The summed E-state index contributed by atoms with van der Waals surface area (Å²) in [5.74, 6) is 0. The van der Waals surface area contributed by atoms with Crippen LogP contribution < -0.4 is 0 Å². The smallest absolute Gasteiger partial charge is 0.299 e. The van der Waals surface area contributed by atoms with Crippen molar-refractivity contribution < 1.29 is 18.0 Å². The van der Waals surface area contributed by atoms with E-state index >= 15 is 0 Å². The molecule has 0 aliphatic carbocycles. The average molecular weight is 235 g/mol. The van der Waals surface area contributed by atoms with Gasteiger partial charge in [0.15, 0.2) is 0 Å². The Kier molecular flexibility index (Phi) is 3.52. The molecule has 1 aromatic rings. The summed E-state index contributed by atoms with van der Waals surface area (Å²) in [6.07, 6.45) is -1.37. The number of rotatable bonds is 2. The third-order valence-electron chi connectivity index (χ3n) is 1.67. The molecule has 0 heterocycles. The Morgan fingerprint density at radius 2 is 1.93 bits per heavy atom. The fraction of sp³-hybridized carbons (Fsp3) is 0.100. The summed E-state index contributed by atoms with van der Waals surface area (Å²) >= 11 is 5.45. The van der Waals surface area contributed by atoms with Crippen LogP contribution in [0.25, 0.3) is 6.08 Å². The van der Waals surface area contributed by atoms with E-state index < -0.39 is 11.7 Å². The number of hydrogen-bond donors (Lipinski definition) is 0. The fourth-order valence-corrected chi connectivity index (χ4v) is 1.31. The molecule has 0 unspecified atom stereocenters. The van der Waals surface area contributed by atoms with Crippen LogP contribution in [0.2, 0.25) is 5.02 Å². The number of carbonyl (C=O) groups excluding carboxylic acids is 1. The number of alkyl halides is 3. The van der Waals surface area contributed by atoms with Crippen LogP contribution in [0, 0.1) is 0 Å². The lowest BCUT2D eigenvalue weighted by atomic mass is 10.1. The Hall–Kier alpha value is -1.29. The summed E-state index contributed by atoms with van der Waals surface area (Å²) in [4.78, 5) is 9.99. The van der Waals surface area contributed by atoms with Gasteiger partial charge in [-0.25, -0.2) is 0 Å².